The Hall–Kier alpha value is -5.29. The molecule has 0 bridgehead atoms. The quantitative estimate of drug-likeness (QED) is 0.114. The maximum absolute atomic E-state index is 14.3. The van der Waals surface area contributed by atoms with Gasteiger partial charge in [-0.25, -0.2) is 9.79 Å². The highest BCUT2D eigenvalue weighted by Gasteiger charge is 2.35. The zero-order valence-corrected chi connectivity index (χ0v) is 26.5. The first-order chi connectivity index (χ1) is 22.3. The lowest BCUT2D eigenvalue weighted by atomic mass is 9.93. The van der Waals surface area contributed by atoms with Gasteiger partial charge in [-0.05, 0) is 37.1 Å². The molecule has 234 valence electrons. The van der Waals surface area contributed by atoms with Crippen LogP contribution in [-0.2, 0) is 16.1 Å². The fraction of sp³-hybridized carbons (Fsp3) is 0.229. The van der Waals surface area contributed by atoms with E-state index < -0.39 is 16.9 Å². The lowest BCUT2D eigenvalue weighted by molar-refractivity contribution is -0.384. The fourth-order valence-corrected chi connectivity index (χ4v) is 6.90. The average molecular weight is 637 g/mol. The van der Waals surface area contributed by atoms with Crippen molar-refractivity contribution >= 4 is 40.0 Å². The van der Waals surface area contributed by atoms with E-state index in [9.17, 15) is 19.7 Å². The highest BCUT2D eigenvalue weighted by molar-refractivity contribution is 7.07. The first-order valence-electron chi connectivity index (χ1n) is 15.0. The molecule has 0 fully saturated rings. The summed E-state index contributed by atoms with van der Waals surface area (Å²) in [5.74, 6) is 0.0464. The van der Waals surface area contributed by atoms with Crippen LogP contribution in [0.25, 0.3) is 17.0 Å². The third kappa shape index (κ3) is 5.65. The van der Waals surface area contributed by atoms with E-state index >= 15 is 0 Å². The number of carbonyl (C=O) groups is 1. The molecule has 0 amide bonds. The number of allylic oxidation sites excluding steroid dienone is 1. The topological polar surface area (TPSA) is 118 Å². The summed E-state index contributed by atoms with van der Waals surface area (Å²) in [5, 5.41) is 12.1. The molecule has 1 atom stereocenters. The van der Waals surface area contributed by atoms with Crippen molar-refractivity contribution in [3.8, 4) is 5.75 Å². The Morgan fingerprint density at radius 1 is 1.07 bits per heavy atom. The molecule has 0 radical (unpaired) electrons. The van der Waals surface area contributed by atoms with Crippen LogP contribution in [0, 0.1) is 10.1 Å². The first kappa shape index (κ1) is 30.7. The molecule has 2 aromatic heterocycles. The number of fused-ring (bicyclic) bond motifs is 2. The van der Waals surface area contributed by atoms with Gasteiger partial charge >= 0.3 is 5.97 Å². The van der Waals surface area contributed by atoms with E-state index in [1.54, 1.807) is 30.7 Å². The van der Waals surface area contributed by atoms with E-state index in [2.05, 4.69) is 4.57 Å². The third-order valence-corrected chi connectivity index (χ3v) is 8.91. The Bertz CT molecular complexity index is 2170. The van der Waals surface area contributed by atoms with Gasteiger partial charge in [0.05, 0.1) is 34.4 Å². The van der Waals surface area contributed by atoms with Gasteiger partial charge in [0, 0.05) is 46.9 Å². The van der Waals surface area contributed by atoms with Crippen molar-refractivity contribution in [3.05, 3.63) is 137 Å². The van der Waals surface area contributed by atoms with E-state index in [-0.39, 0.29) is 17.9 Å². The second-order valence-electron chi connectivity index (χ2n) is 10.8. The van der Waals surface area contributed by atoms with Gasteiger partial charge in [-0.15, -0.1) is 0 Å². The molecule has 3 heterocycles. The second-order valence-corrected chi connectivity index (χ2v) is 11.8. The Morgan fingerprint density at radius 2 is 1.80 bits per heavy atom. The van der Waals surface area contributed by atoms with Crippen molar-refractivity contribution < 1.29 is 19.2 Å². The number of para-hydroxylation sites is 2. The van der Waals surface area contributed by atoms with Gasteiger partial charge in [-0.1, -0.05) is 73.2 Å². The van der Waals surface area contributed by atoms with Crippen LogP contribution in [0.1, 0.15) is 49.4 Å². The molecule has 10 nitrogen and oxygen atoms in total. The largest absolute Gasteiger partial charge is 0.496 e. The maximum Gasteiger partial charge on any atom is 0.338 e. The average Bonchev–Trinajstić information content (AvgIpc) is 3.56. The smallest absolute Gasteiger partial charge is 0.338 e. The molecule has 1 aliphatic rings. The van der Waals surface area contributed by atoms with Crippen LogP contribution in [0.2, 0.25) is 0 Å². The zero-order chi connectivity index (χ0) is 32.4. The number of carbonyl (C=O) groups excluding carboxylic acids is 1. The van der Waals surface area contributed by atoms with E-state index in [4.69, 9.17) is 14.5 Å². The Morgan fingerprint density at radius 3 is 2.52 bits per heavy atom. The van der Waals surface area contributed by atoms with Crippen LogP contribution in [-0.4, -0.2) is 33.7 Å². The summed E-state index contributed by atoms with van der Waals surface area (Å²) < 4.78 is 15.3. The van der Waals surface area contributed by atoms with Gasteiger partial charge < -0.3 is 14.0 Å². The number of ether oxygens (including phenoxy) is 2. The molecule has 6 rings (SSSR count). The predicted octanol–water partition coefficient (Wildman–Crippen LogP) is 5.50. The molecule has 5 aromatic rings. The molecule has 11 heteroatoms. The normalized spacial score (nSPS) is 14.7. The van der Waals surface area contributed by atoms with Gasteiger partial charge in [0.1, 0.15) is 11.8 Å². The Kier molecular flexibility index (Phi) is 8.67. The molecular weight excluding hydrogens is 604 g/mol. The van der Waals surface area contributed by atoms with Crippen molar-refractivity contribution in [2.75, 3.05) is 13.7 Å². The maximum atomic E-state index is 14.3. The molecular formula is C35H32N4O6S. The second kappa shape index (κ2) is 13.0. The van der Waals surface area contributed by atoms with Crippen LogP contribution in [0.5, 0.6) is 5.75 Å². The number of benzene rings is 3. The molecule has 0 N–H and O–H groups in total. The molecule has 0 spiro atoms. The summed E-state index contributed by atoms with van der Waals surface area (Å²) in [5.41, 5.74) is 4.09. The van der Waals surface area contributed by atoms with Crippen molar-refractivity contribution in [1.29, 1.82) is 0 Å². The van der Waals surface area contributed by atoms with Crippen molar-refractivity contribution in [2.45, 2.75) is 39.3 Å². The highest BCUT2D eigenvalue weighted by Crippen LogP contribution is 2.37. The first-order valence-corrected chi connectivity index (χ1v) is 15.8. The van der Waals surface area contributed by atoms with Crippen molar-refractivity contribution in [3.63, 3.8) is 0 Å². The monoisotopic (exact) mass is 636 g/mol. The number of hydrogen-bond donors (Lipinski definition) is 0. The van der Waals surface area contributed by atoms with E-state index in [1.807, 2.05) is 67.7 Å². The standard InChI is InChI=1S/C35H32N4O6S/c1-4-10-27-31(34(41)45-5-2)32(26-12-7-9-14-29(26)44-3)38-33(40)30(46-35(38)36-27)19-23-21-37(28-13-8-6-11-25(23)28)20-22-15-17-24(18-16-22)39(42)43/h6-9,11-19,21,32H,4-5,10,20H2,1-3H3/b30-19-/t32-/m1/s1. The summed E-state index contributed by atoms with van der Waals surface area (Å²) in [6.45, 7) is 4.45. The van der Waals surface area contributed by atoms with Crippen LogP contribution < -0.4 is 19.6 Å². The molecule has 3 aromatic carbocycles. The van der Waals surface area contributed by atoms with Crippen molar-refractivity contribution in [2.24, 2.45) is 4.99 Å². The van der Waals surface area contributed by atoms with Gasteiger partial charge in [0.15, 0.2) is 4.80 Å². The number of hydrogen-bond acceptors (Lipinski definition) is 8. The summed E-state index contributed by atoms with van der Waals surface area (Å²) >= 11 is 1.28. The minimum atomic E-state index is -0.779. The molecule has 0 saturated heterocycles. The Labute approximate surface area is 268 Å². The Balaban J connectivity index is 1.52. The van der Waals surface area contributed by atoms with Crippen LogP contribution in [0.4, 0.5) is 5.69 Å². The number of nitrogens with zero attached hydrogens (tertiary/aromatic N) is 4. The van der Waals surface area contributed by atoms with Gasteiger partial charge in [0.2, 0.25) is 0 Å². The summed E-state index contributed by atoms with van der Waals surface area (Å²) in [6.07, 6.45) is 5.14. The van der Waals surface area contributed by atoms with Gasteiger partial charge in [0.25, 0.3) is 11.2 Å². The zero-order valence-electron chi connectivity index (χ0n) is 25.6. The fourth-order valence-electron chi connectivity index (χ4n) is 5.89. The summed E-state index contributed by atoms with van der Waals surface area (Å²) in [6, 6.07) is 21.0. The number of esters is 1. The lowest BCUT2D eigenvalue weighted by Gasteiger charge is -2.26. The van der Waals surface area contributed by atoms with Crippen LogP contribution in [0.3, 0.4) is 0 Å². The molecule has 0 aliphatic carbocycles. The van der Waals surface area contributed by atoms with Crippen LogP contribution >= 0.6 is 11.3 Å². The minimum absolute atomic E-state index is 0.0387. The molecule has 0 saturated carbocycles. The summed E-state index contributed by atoms with van der Waals surface area (Å²) in [4.78, 5) is 43.9. The minimum Gasteiger partial charge on any atom is -0.496 e. The van der Waals surface area contributed by atoms with E-state index in [0.717, 1.165) is 28.5 Å². The lowest BCUT2D eigenvalue weighted by Crippen LogP contribution is -2.40. The van der Waals surface area contributed by atoms with Gasteiger partial charge in [-0.2, -0.15) is 0 Å². The van der Waals surface area contributed by atoms with E-state index in [1.165, 1.54) is 23.5 Å². The summed E-state index contributed by atoms with van der Waals surface area (Å²) in [7, 11) is 1.57. The molecule has 1 aliphatic heterocycles. The number of aromatic nitrogens is 2. The number of non-ortho nitro benzene ring substituents is 1. The van der Waals surface area contributed by atoms with Crippen molar-refractivity contribution in [1.82, 2.24) is 9.13 Å². The number of nitro groups is 1. The SMILES string of the molecule is CCCC1=C(C(=O)OCC)[C@@H](c2ccccc2OC)n2c(s/c(=C\c3cn(Cc4ccc([N+](=O)[O-])cc4)c4ccccc34)c2=O)=N1. The molecule has 46 heavy (non-hydrogen) atoms. The predicted molar refractivity (Wildman–Crippen MR) is 177 cm³/mol. The molecule has 0 unspecified atom stereocenters. The van der Waals surface area contributed by atoms with E-state index in [0.29, 0.717) is 44.9 Å². The number of thiazole rings is 1. The van der Waals surface area contributed by atoms with Crippen LogP contribution in [0.15, 0.2) is 100 Å². The highest BCUT2D eigenvalue weighted by atomic mass is 32.1. The number of rotatable bonds is 10. The third-order valence-electron chi connectivity index (χ3n) is 7.93. The number of methoxy groups -OCH3 is 1. The number of nitro benzene ring substituents is 1. The van der Waals surface area contributed by atoms with Gasteiger partial charge in [-0.3, -0.25) is 19.5 Å².